The molecule has 0 spiro atoms. The van der Waals surface area contributed by atoms with Gasteiger partial charge < -0.3 is 5.32 Å². The molecule has 1 atom stereocenters. The van der Waals surface area contributed by atoms with Crippen molar-refractivity contribution in [2.75, 3.05) is 11.6 Å². The molecule has 1 radical (unpaired) electrons. The highest BCUT2D eigenvalue weighted by atomic mass is 32.2. The van der Waals surface area contributed by atoms with Crippen molar-refractivity contribution in [1.82, 2.24) is 5.32 Å². The monoisotopic (exact) mass is 102 g/mol. The molecule has 1 aliphatic rings. The van der Waals surface area contributed by atoms with Gasteiger partial charge in [0.15, 0.2) is 0 Å². The SMILES string of the molecule is [CH2]C1CSCN1. The lowest BCUT2D eigenvalue weighted by molar-refractivity contribution is 0.750. The van der Waals surface area contributed by atoms with Gasteiger partial charge in [0.25, 0.3) is 0 Å². The molecule has 2 heteroatoms. The molecule has 0 aliphatic carbocycles. The van der Waals surface area contributed by atoms with Gasteiger partial charge in [0, 0.05) is 17.7 Å². The van der Waals surface area contributed by atoms with Gasteiger partial charge in [0.2, 0.25) is 0 Å². The number of hydrogen-bond donors (Lipinski definition) is 1. The molecule has 6 heavy (non-hydrogen) atoms. The van der Waals surface area contributed by atoms with Crippen LogP contribution in [-0.4, -0.2) is 17.7 Å². The summed E-state index contributed by atoms with van der Waals surface area (Å²) in [4.78, 5) is 0. The van der Waals surface area contributed by atoms with Crippen LogP contribution in [0.4, 0.5) is 0 Å². The van der Waals surface area contributed by atoms with Crippen LogP contribution in [0, 0.1) is 6.92 Å². The van der Waals surface area contributed by atoms with Crippen LogP contribution < -0.4 is 5.32 Å². The fraction of sp³-hybridized carbons (Fsp3) is 0.750. The smallest absolute Gasteiger partial charge is 0.0420 e. The fourth-order valence-corrected chi connectivity index (χ4v) is 1.31. The first kappa shape index (κ1) is 4.47. The van der Waals surface area contributed by atoms with Gasteiger partial charge >= 0.3 is 0 Å². The number of thioether (sulfide) groups is 1. The van der Waals surface area contributed by atoms with E-state index in [1.165, 1.54) is 5.75 Å². The molecule has 0 saturated carbocycles. The number of nitrogens with one attached hydrogen (secondary N) is 1. The van der Waals surface area contributed by atoms with Gasteiger partial charge in [-0.2, -0.15) is 0 Å². The maximum absolute atomic E-state index is 3.81. The van der Waals surface area contributed by atoms with Crippen LogP contribution in [0.5, 0.6) is 0 Å². The second kappa shape index (κ2) is 1.85. The Labute approximate surface area is 42.5 Å². The number of hydrogen-bond acceptors (Lipinski definition) is 2. The molecule has 0 amide bonds. The molecule has 0 aromatic rings. The van der Waals surface area contributed by atoms with Crippen LogP contribution in [0.2, 0.25) is 0 Å². The number of rotatable bonds is 0. The Balaban J connectivity index is 2.18. The van der Waals surface area contributed by atoms with E-state index in [1.54, 1.807) is 0 Å². The summed E-state index contributed by atoms with van der Waals surface area (Å²) < 4.78 is 0. The van der Waals surface area contributed by atoms with Crippen molar-refractivity contribution in [3.8, 4) is 0 Å². The lowest BCUT2D eigenvalue weighted by Gasteiger charge is -1.93. The normalized spacial score (nSPS) is 34.5. The van der Waals surface area contributed by atoms with Crippen LogP contribution >= 0.6 is 11.8 Å². The van der Waals surface area contributed by atoms with Crippen LogP contribution in [-0.2, 0) is 0 Å². The van der Waals surface area contributed by atoms with Gasteiger partial charge in [-0.05, 0) is 6.92 Å². The Morgan fingerprint density at radius 1 is 1.83 bits per heavy atom. The summed E-state index contributed by atoms with van der Waals surface area (Å²) in [5.41, 5.74) is 0. The minimum absolute atomic E-state index is 0.509. The zero-order valence-corrected chi connectivity index (χ0v) is 4.42. The molecule has 0 bridgehead atoms. The quantitative estimate of drug-likeness (QED) is 0.477. The third kappa shape index (κ3) is 0.884. The lowest BCUT2D eigenvalue weighted by Crippen LogP contribution is -2.18. The van der Waals surface area contributed by atoms with E-state index in [1.807, 2.05) is 11.8 Å². The summed E-state index contributed by atoms with van der Waals surface area (Å²) in [5, 5.41) is 3.17. The van der Waals surface area contributed by atoms with E-state index >= 15 is 0 Å². The Hall–Kier alpha value is 0.310. The zero-order valence-electron chi connectivity index (χ0n) is 3.61. The van der Waals surface area contributed by atoms with Crippen LogP contribution in [0.25, 0.3) is 0 Å². The zero-order chi connectivity index (χ0) is 4.41. The van der Waals surface area contributed by atoms with Crippen molar-refractivity contribution in [2.24, 2.45) is 0 Å². The van der Waals surface area contributed by atoms with Crippen LogP contribution in [0.1, 0.15) is 0 Å². The van der Waals surface area contributed by atoms with E-state index in [0.29, 0.717) is 6.04 Å². The van der Waals surface area contributed by atoms with Crippen LogP contribution in [0.15, 0.2) is 0 Å². The topological polar surface area (TPSA) is 12.0 Å². The first-order valence-corrected chi connectivity index (χ1v) is 3.19. The van der Waals surface area contributed by atoms with Gasteiger partial charge in [-0.1, -0.05) is 0 Å². The summed E-state index contributed by atoms with van der Waals surface area (Å²) >= 11 is 1.91. The van der Waals surface area contributed by atoms with Crippen molar-refractivity contribution in [2.45, 2.75) is 6.04 Å². The average Bonchev–Trinajstić information content (AvgIpc) is 1.86. The van der Waals surface area contributed by atoms with Gasteiger partial charge in [-0.25, -0.2) is 0 Å². The van der Waals surface area contributed by atoms with Gasteiger partial charge in [0.1, 0.15) is 0 Å². The summed E-state index contributed by atoms with van der Waals surface area (Å²) in [6.45, 7) is 3.81. The van der Waals surface area contributed by atoms with Gasteiger partial charge in [0.05, 0.1) is 0 Å². The first-order chi connectivity index (χ1) is 2.89. The molecule has 1 unspecified atom stereocenters. The molecular weight excluding hydrogens is 94.1 g/mol. The Morgan fingerprint density at radius 2 is 2.67 bits per heavy atom. The molecule has 1 aliphatic heterocycles. The molecule has 1 nitrogen and oxygen atoms in total. The van der Waals surface area contributed by atoms with E-state index in [9.17, 15) is 0 Å². The molecule has 0 aromatic carbocycles. The predicted octanol–water partition coefficient (Wildman–Crippen LogP) is 0.483. The fourth-order valence-electron chi connectivity index (χ4n) is 0.437. The molecule has 1 N–H and O–H groups in total. The maximum Gasteiger partial charge on any atom is 0.0420 e. The van der Waals surface area contributed by atoms with Crippen LogP contribution in [0.3, 0.4) is 0 Å². The average molecular weight is 102 g/mol. The van der Waals surface area contributed by atoms with Crippen molar-refractivity contribution < 1.29 is 0 Å². The second-order valence-corrected chi connectivity index (χ2v) is 2.45. The van der Waals surface area contributed by atoms with E-state index in [2.05, 4.69) is 12.2 Å². The first-order valence-electron chi connectivity index (χ1n) is 2.04. The minimum Gasteiger partial charge on any atom is -0.304 e. The lowest BCUT2D eigenvalue weighted by atomic mass is 10.4. The maximum atomic E-state index is 3.81. The predicted molar refractivity (Wildman–Crippen MR) is 29.6 cm³/mol. The second-order valence-electron chi connectivity index (χ2n) is 1.42. The highest BCUT2D eigenvalue weighted by Gasteiger charge is 2.06. The van der Waals surface area contributed by atoms with E-state index in [4.69, 9.17) is 0 Å². The molecule has 1 heterocycles. The largest absolute Gasteiger partial charge is 0.304 e. The highest BCUT2D eigenvalue weighted by Crippen LogP contribution is 2.06. The Morgan fingerprint density at radius 3 is 2.83 bits per heavy atom. The van der Waals surface area contributed by atoms with Crippen molar-refractivity contribution in [3.05, 3.63) is 6.92 Å². The molecule has 0 aromatic heterocycles. The summed E-state index contributed by atoms with van der Waals surface area (Å²) in [6.07, 6.45) is 0. The molecular formula is C4H8NS. The summed E-state index contributed by atoms with van der Waals surface area (Å²) in [5.74, 6) is 2.27. The van der Waals surface area contributed by atoms with E-state index in [0.717, 1.165) is 5.88 Å². The van der Waals surface area contributed by atoms with Crippen molar-refractivity contribution in [3.63, 3.8) is 0 Å². The van der Waals surface area contributed by atoms with Crippen molar-refractivity contribution in [1.29, 1.82) is 0 Å². The third-order valence-electron chi connectivity index (χ3n) is 0.793. The summed E-state index contributed by atoms with van der Waals surface area (Å²) in [6, 6.07) is 0.509. The highest BCUT2D eigenvalue weighted by molar-refractivity contribution is 7.99. The molecule has 35 valence electrons. The third-order valence-corrected chi connectivity index (χ3v) is 1.80. The Bertz CT molecular complexity index is 40.8. The van der Waals surface area contributed by atoms with E-state index in [-0.39, 0.29) is 0 Å². The summed E-state index contributed by atoms with van der Waals surface area (Å²) in [7, 11) is 0. The molecule has 1 fully saturated rings. The molecule has 1 saturated heterocycles. The van der Waals surface area contributed by atoms with Crippen molar-refractivity contribution >= 4 is 11.8 Å². The Kier molecular flexibility index (Phi) is 1.37. The van der Waals surface area contributed by atoms with Gasteiger partial charge in [-0.15, -0.1) is 11.8 Å². The van der Waals surface area contributed by atoms with Gasteiger partial charge in [-0.3, -0.25) is 0 Å². The van der Waals surface area contributed by atoms with E-state index < -0.39 is 0 Å². The molecule has 1 rings (SSSR count). The standard InChI is InChI=1S/C4H8NS/c1-4-2-6-3-5-4/h4-5H,1-3H2. The minimum atomic E-state index is 0.509.